The SMILES string of the molecule is CCC(CO)CNCCCN(C)C. The van der Waals surface area contributed by atoms with Gasteiger partial charge >= 0.3 is 0 Å². The Morgan fingerprint density at radius 3 is 2.54 bits per heavy atom. The van der Waals surface area contributed by atoms with Crippen LogP contribution in [0.4, 0.5) is 0 Å². The molecular weight excluding hydrogens is 164 g/mol. The molecule has 0 aromatic heterocycles. The van der Waals surface area contributed by atoms with Crippen LogP contribution in [-0.2, 0) is 0 Å². The van der Waals surface area contributed by atoms with Gasteiger partial charge in [-0.15, -0.1) is 0 Å². The molecule has 0 aliphatic rings. The van der Waals surface area contributed by atoms with E-state index in [9.17, 15) is 0 Å². The summed E-state index contributed by atoms with van der Waals surface area (Å²) in [7, 11) is 4.17. The third kappa shape index (κ3) is 8.22. The zero-order chi connectivity index (χ0) is 10.1. The van der Waals surface area contributed by atoms with Gasteiger partial charge in [0.25, 0.3) is 0 Å². The van der Waals surface area contributed by atoms with E-state index in [1.165, 1.54) is 6.42 Å². The van der Waals surface area contributed by atoms with E-state index in [0.29, 0.717) is 12.5 Å². The quantitative estimate of drug-likeness (QED) is 0.546. The Hall–Kier alpha value is -0.120. The van der Waals surface area contributed by atoms with Crippen LogP contribution in [0.15, 0.2) is 0 Å². The topological polar surface area (TPSA) is 35.5 Å². The molecule has 1 atom stereocenters. The minimum absolute atomic E-state index is 0.303. The van der Waals surface area contributed by atoms with Crippen LogP contribution in [0, 0.1) is 5.92 Å². The van der Waals surface area contributed by atoms with Gasteiger partial charge in [-0.2, -0.15) is 0 Å². The van der Waals surface area contributed by atoms with Crippen LogP contribution < -0.4 is 5.32 Å². The zero-order valence-corrected chi connectivity index (χ0v) is 9.21. The van der Waals surface area contributed by atoms with E-state index in [0.717, 1.165) is 26.1 Å². The lowest BCUT2D eigenvalue weighted by Gasteiger charge is -2.13. The molecule has 0 saturated heterocycles. The maximum absolute atomic E-state index is 8.92. The fourth-order valence-electron chi connectivity index (χ4n) is 1.16. The molecule has 0 amide bonds. The van der Waals surface area contributed by atoms with Crippen molar-refractivity contribution in [3.63, 3.8) is 0 Å². The van der Waals surface area contributed by atoms with E-state index in [1.807, 2.05) is 0 Å². The van der Waals surface area contributed by atoms with E-state index in [1.54, 1.807) is 0 Å². The second-order valence-corrected chi connectivity index (χ2v) is 3.82. The van der Waals surface area contributed by atoms with E-state index >= 15 is 0 Å². The molecule has 0 aliphatic carbocycles. The smallest absolute Gasteiger partial charge is 0.0471 e. The van der Waals surface area contributed by atoms with Crippen LogP contribution in [0.5, 0.6) is 0 Å². The summed E-state index contributed by atoms with van der Waals surface area (Å²) < 4.78 is 0. The van der Waals surface area contributed by atoms with Gasteiger partial charge in [0.1, 0.15) is 0 Å². The molecular formula is C10H24N2O. The maximum Gasteiger partial charge on any atom is 0.0471 e. The number of aliphatic hydroxyl groups is 1. The first-order valence-corrected chi connectivity index (χ1v) is 5.17. The predicted octanol–water partition coefficient (Wildman–Crippen LogP) is 0.546. The molecule has 0 fully saturated rings. The van der Waals surface area contributed by atoms with Gasteiger partial charge in [0.15, 0.2) is 0 Å². The molecule has 0 aliphatic heterocycles. The van der Waals surface area contributed by atoms with E-state index in [2.05, 4.69) is 31.2 Å². The lowest BCUT2D eigenvalue weighted by molar-refractivity contribution is 0.218. The van der Waals surface area contributed by atoms with Crippen molar-refractivity contribution in [2.24, 2.45) is 5.92 Å². The zero-order valence-electron chi connectivity index (χ0n) is 9.21. The molecule has 3 heteroatoms. The maximum atomic E-state index is 8.92. The Kier molecular flexibility index (Phi) is 8.40. The van der Waals surface area contributed by atoms with Crippen molar-refractivity contribution in [2.75, 3.05) is 40.3 Å². The highest BCUT2D eigenvalue weighted by Crippen LogP contribution is 1.97. The minimum Gasteiger partial charge on any atom is -0.396 e. The first-order chi connectivity index (χ1) is 6.20. The second-order valence-electron chi connectivity index (χ2n) is 3.82. The first-order valence-electron chi connectivity index (χ1n) is 5.17. The molecule has 2 N–H and O–H groups in total. The van der Waals surface area contributed by atoms with E-state index in [4.69, 9.17) is 5.11 Å². The second kappa shape index (κ2) is 8.48. The molecule has 0 spiro atoms. The van der Waals surface area contributed by atoms with Crippen LogP contribution in [0.2, 0.25) is 0 Å². The summed E-state index contributed by atoms with van der Waals surface area (Å²) in [5, 5.41) is 12.3. The van der Waals surface area contributed by atoms with Gasteiger partial charge in [-0.05, 0) is 45.9 Å². The van der Waals surface area contributed by atoms with Crippen LogP contribution in [0.3, 0.4) is 0 Å². The van der Waals surface area contributed by atoms with Crippen LogP contribution >= 0.6 is 0 Å². The van der Waals surface area contributed by atoms with E-state index in [-0.39, 0.29) is 0 Å². The monoisotopic (exact) mass is 188 g/mol. The van der Waals surface area contributed by atoms with Crippen LogP contribution in [0.25, 0.3) is 0 Å². The van der Waals surface area contributed by atoms with Crippen molar-refractivity contribution in [2.45, 2.75) is 19.8 Å². The molecule has 0 radical (unpaired) electrons. The fraction of sp³-hybridized carbons (Fsp3) is 1.00. The number of hydrogen-bond acceptors (Lipinski definition) is 3. The van der Waals surface area contributed by atoms with Crippen LogP contribution in [-0.4, -0.2) is 50.3 Å². The molecule has 0 rings (SSSR count). The molecule has 0 bridgehead atoms. The third-order valence-electron chi connectivity index (χ3n) is 2.23. The van der Waals surface area contributed by atoms with Crippen molar-refractivity contribution in [3.05, 3.63) is 0 Å². The molecule has 0 heterocycles. The Bertz CT molecular complexity index is 103. The van der Waals surface area contributed by atoms with Gasteiger partial charge in [-0.3, -0.25) is 0 Å². The average Bonchev–Trinajstić information content (AvgIpc) is 2.11. The number of hydrogen-bond donors (Lipinski definition) is 2. The van der Waals surface area contributed by atoms with Crippen molar-refractivity contribution in [3.8, 4) is 0 Å². The van der Waals surface area contributed by atoms with Gasteiger partial charge in [0.2, 0.25) is 0 Å². The summed E-state index contributed by atoms with van der Waals surface area (Å²) in [6.45, 7) is 5.54. The highest BCUT2D eigenvalue weighted by atomic mass is 16.3. The summed E-state index contributed by atoms with van der Waals surface area (Å²) in [6, 6.07) is 0. The third-order valence-corrected chi connectivity index (χ3v) is 2.23. The predicted molar refractivity (Wildman–Crippen MR) is 56.9 cm³/mol. The van der Waals surface area contributed by atoms with Gasteiger partial charge < -0.3 is 15.3 Å². The fourth-order valence-corrected chi connectivity index (χ4v) is 1.16. The number of nitrogens with one attached hydrogen (secondary N) is 1. The summed E-state index contributed by atoms with van der Waals surface area (Å²) in [5.74, 6) is 0.430. The van der Waals surface area contributed by atoms with Gasteiger partial charge in [0, 0.05) is 13.2 Å². The van der Waals surface area contributed by atoms with Gasteiger partial charge in [0.05, 0.1) is 0 Å². The summed E-state index contributed by atoms with van der Waals surface area (Å²) in [6.07, 6.45) is 2.23. The van der Waals surface area contributed by atoms with Gasteiger partial charge in [-0.1, -0.05) is 6.92 Å². The summed E-state index contributed by atoms with van der Waals surface area (Å²) in [5.41, 5.74) is 0. The van der Waals surface area contributed by atoms with Crippen molar-refractivity contribution >= 4 is 0 Å². The molecule has 1 unspecified atom stereocenters. The first kappa shape index (κ1) is 12.9. The Morgan fingerprint density at radius 2 is 2.08 bits per heavy atom. The molecule has 0 aromatic rings. The molecule has 3 nitrogen and oxygen atoms in total. The average molecular weight is 188 g/mol. The summed E-state index contributed by atoms with van der Waals surface area (Å²) >= 11 is 0. The molecule has 13 heavy (non-hydrogen) atoms. The summed E-state index contributed by atoms with van der Waals surface area (Å²) in [4.78, 5) is 2.19. The Labute approximate surface area is 82.1 Å². The van der Waals surface area contributed by atoms with Crippen molar-refractivity contribution in [1.29, 1.82) is 0 Å². The lowest BCUT2D eigenvalue weighted by Crippen LogP contribution is -2.27. The van der Waals surface area contributed by atoms with Crippen LogP contribution in [0.1, 0.15) is 19.8 Å². The number of nitrogens with zero attached hydrogens (tertiary/aromatic N) is 1. The number of rotatable bonds is 8. The molecule has 0 saturated carbocycles. The minimum atomic E-state index is 0.303. The molecule has 0 aromatic carbocycles. The highest BCUT2D eigenvalue weighted by molar-refractivity contribution is 4.59. The van der Waals surface area contributed by atoms with Crippen molar-refractivity contribution in [1.82, 2.24) is 10.2 Å². The Balaban J connectivity index is 3.14. The highest BCUT2D eigenvalue weighted by Gasteiger charge is 2.02. The lowest BCUT2D eigenvalue weighted by atomic mass is 10.1. The van der Waals surface area contributed by atoms with E-state index < -0.39 is 0 Å². The molecule has 80 valence electrons. The Morgan fingerprint density at radius 1 is 1.38 bits per heavy atom. The van der Waals surface area contributed by atoms with Gasteiger partial charge in [-0.25, -0.2) is 0 Å². The standard InChI is InChI=1S/C10H24N2O/c1-4-10(9-13)8-11-6-5-7-12(2)3/h10-11,13H,4-9H2,1-3H3. The number of aliphatic hydroxyl groups excluding tert-OH is 1. The van der Waals surface area contributed by atoms with Crippen molar-refractivity contribution < 1.29 is 5.11 Å². The largest absolute Gasteiger partial charge is 0.396 e. The normalized spacial score (nSPS) is 13.6.